The molecule has 0 amide bonds. The van der Waals surface area contributed by atoms with Gasteiger partial charge in [0.2, 0.25) is 0 Å². The first kappa shape index (κ1) is 8.02. The van der Waals surface area contributed by atoms with E-state index in [1.54, 1.807) is 0 Å². The van der Waals surface area contributed by atoms with Crippen LogP contribution in [-0.2, 0) is 4.74 Å². The first-order valence-corrected chi connectivity index (χ1v) is 4.69. The molecule has 1 aromatic rings. The quantitative estimate of drug-likeness (QED) is 0.705. The van der Waals surface area contributed by atoms with Gasteiger partial charge in [0.15, 0.2) is 0 Å². The number of halogens is 1. The van der Waals surface area contributed by atoms with E-state index in [9.17, 15) is 0 Å². The summed E-state index contributed by atoms with van der Waals surface area (Å²) in [7, 11) is 0. The number of hydrogen-bond acceptors (Lipinski definition) is 1. The Balaban J connectivity index is 2.07. The average Bonchev–Trinajstić information content (AvgIpc) is 2.87. The van der Waals surface area contributed by atoms with Gasteiger partial charge in [-0.05, 0) is 17.7 Å². The van der Waals surface area contributed by atoms with Crippen LogP contribution in [0.5, 0.6) is 0 Å². The number of rotatable bonds is 2. The zero-order valence-electron chi connectivity index (χ0n) is 6.53. The number of hydrogen-bond donors (Lipinski definition) is 0. The van der Waals surface area contributed by atoms with E-state index >= 15 is 0 Å². The maximum absolute atomic E-state index is 5.06. The molecular weight excluding hydrogens is 216 g/mol. The SMILES string of the molecule is Brc1ccc(/C=C/C2CO2)cc1. The van der Waals surface area contributed by atoms with Gasteiger partial charge in [0.05, 0.1) is 12.7 Å². The van der Waals surface area contributed by atoms with Gasteiger partial charge in [-0.15, -0.1) is 0 Å². The molecule has 0 aliphatic carbocycles. The minimum absolute atomic E-state index is 0.369. The molecule has 1 unspecified atom stereocenters. The maximum atomic E-state index is 5.06. The third kappa shape index (κ3) is 2.19. The number of benzene rings is 1. The molecule has 1 aromatic carbocycles. The van der Waals surface area contributed by atoms with E-state index in [1.165, 1.54) is 5.56 Å². The maximum Gasteiger partial charge on any atom is 0.0994 e. The summed E-state index contributed by atoms with van der Waals surface area (Å²) in [5.41, 5.74) is 1.22. The highest BCUT2D eigenvalue weighted by Crippen LogP contribution is 2.15. The first-order chi connectivity index (χ1) is 5.84. The van der Waals surface area contributed by atoms with Crippen molar-refractivity contribution < 1.29 is 4.74 Å². The topological polar surface area (TPSA) is 12.5 Å². The molecule has 0 N–H and O–H groups in total. The van der Waals surface area contributed by atoms with Crippen molar-refractivity contribution in [3.8, 4) is 0 Å². The zero-order chi connectivity index (χ0) is 8.39. The van der Waals surface area contributed by atoms with Gasteiger partial charge in [-0.3, -0.25) is 0 Å². The predicted molar refractivity (Wildman–Crippen MR) is 52.9 cm³/mol. The molecule has 1 aliphatic rings. The molecule has 1 aliphatic heterocycles. The molecule has 12 heavy (non-hydrogen) atoms. The van der Waals surface area contributed by atoms with Gasteiger partial charge in [-0.1, -0.05) is 40.2 Å². The Morgan fingerprint density at radius 2 is 2.00 bits per heavy atom. The molecule has 0 spiro atoms. The molecule has 1 nitrogen and oxygen atoms in total. The van der Waals surface area contributed by atoms with Crippen molar-refractivity contribution in [3.05, 3.63) is 40.4 Å². The Kier molecular flexibility index (Phi) is 2.28. The number of ether oxygens (including phenoxy) is 1. The standard InChI is InChI=1S/C10H9BrO/c11-9-4-1-8(2-5-9)3-6-10-7-12-10/h1-6,10H,7H2/b6-3+. The fourth-order valence-electron chi connectivity index (χ4n) is 0.959. The summed E-state index contributed by atoms with van der Waals surface area (Å²) in [6.45, 7) is 0.882. The van der Waals surface area contributed by atoms with E-state index in [1.807, 2.05) is 12.1 Å². The van der Waals surface area contributed by atoms with Crippen LogP contribution in [0.3, 0.4) is 0 Å². The van der Waals surface area contributed by atoms with E-state index in [0.717, 1.165) is 11.1 Å². The van der Waals surface area contributed by atoms with E-state index in [0.29, 0.717) is 6.10 Å². The van der Waals surface area contributed by atoms with Gasteiger partial charge in [-0.2, -0.15) is 0 Å². The Bertz CT molecular complexity index is 285. The van der Waals surface area contributed by atoms with Crippen LogP contribution in [0.4, 0.5) is 0 Å². The number of epoxide rings is 1. The lowest BCUT2D eigenvalue weighted by Crippen LogP contribution is -1.75. The summed E-state index contributed by atoms with van der Waals surface area (Å²) in [5.74, 6) is 0. The van der Waals surface area contributed by atoms with Crippen molar-refractivity contribution in [3.63, 3.8) is 0 Å². The van der Waals surface area contributed by atoms with E-state index in [4.69, 9.17) is 4.74 Å². The molecule has 0 radical (unpaired) electrons. The van der Waals surface area contributed by atoms with Crippen molar-refractivity contribution >= 4 is 22.0 Å². The normalized spacial score (nSPS) is 21.6. The van der Waals surface area contributed by atoms with E-state index < -0.39 is 0 Å². The minimum atomic E-state index is 0.369. The second-order valence-electron chi connectivity index (χ2n) is 2.78. The Morgan fingerprint density at radius 3 is 2.58 bits per heavy atom. The van der Waals surface area contributed by atoms with Crippen LogP contribution in [0.25, 0.3) is 6.08 Å². The molecule has 1 saturated heterocycles. The van der Waals surface area contributed by atoms with E-state index in [-0.39, 0.29) is 0 Å². The molecule has 1 atom stereocenters. The smallest absolute Gasteiger partial charge is 0.0994 e. The summed E-state index contributed by atoms with van der Waals surface area (Å²) < 4.78 is 6.17. The van der Waals surface area contributed by atoms with Crippen molar-refractivity contribution in [2.24, 2.45) is 0 Å². The Morgan fingerprint density at radius 1 is 1.33 bits per heavy atom. The fraction of sp³-hybridized carbons (Fsp3) is 0.200. The predicted octanol–water partition coefficient (Wildman–Crippen LogP) is 2.86. The molecular formula is C10H9BrO. The third-order valence-corrected chi connectivity index (χ3v) is 2.26. The Labute approximate surface area is 80.2 Å². The average molecular weight is 225 g/mol. The van der Waals surface area contributed by atoms with E-state index in [2.05, 4.69) is 40.2 Å². The minimum Gasteiger partial charge on any atom is -0.369 e. The van der Waals surface area contributed by atoms with Crippen molar-refractivity contribution in [2.45, 2.75) is 6.10 Å². The van der Waals surface area contributed by atoms with Crippen molar-refractivity contribution in [1.29, 1.82) is 0 Å². The first-order valence-electron chi connectivity index (χ1n) is 3.90. The van der Waals surface area contributed by atoms with Crippen LogP contribution in [0, 0.1) is 0 Å². The van der Waals surface area contributed by atoms with Crippen LogP contribution in [0.15, 0.2) is 34.8 Å². The van der Waals surface area contributed by atoms with Crippen LogP contribution in [0.1, 0.15) is 5.56 Å². The molecule has 0 aromatic heterocycles. The van der Waals surface area contributed by atoms with Crippen LogP contribution in [0.2, 0.25) is 0 Å². The lowest BCUT2D eigenvalue weighted by atomic mass is 10.2. The highest BCUT2D eigenvalue weighted by atomic mass is 79.9. The third-order valence-electron chi connectivity index (χ3n) is 1.73. The summed E-state index contributed by atoms with van der Waals surface area (Å²) in [6, 6.07) is 8.22. The lowest BCUT2D eigenvalue weighted by molar-refractivity contribution is 0.440. The van der Waals surface area contributed by atoms with Gasteiger partial charge in [0.25, 0.3) is 0 Å². The summed E-state index contributed by atoms with van der Waals surface area (Å²) >= 11 is 3.39. The molecule has 0 saturated carbocycles. The van der Waals surface area contributed by atoms with Gasteiger partial charge in [0, 0.05) is 4.47 Å². The molecule has 1 heterocycles. The zero-order valence-corrected chi connectivity index (χ0v) is 8.12. The lowest BCUT2D eigenvalue weighted by Gasteiger charge is -1.92. The Hall–Kier alpha value is -0.600. The van der Waals surface area contributed by atoms with Crippen LogP contribution in [-0.4, -0.2) is 12.7 Å². The highest BCUT2D eigenvalue weighted by molar-refractivity contribution is 9.10. The van der Waals surface area contributed by atoms with Crippen LogP contribution < -0.4 is 0 Å². The monoisotopic (exact) mass is 224 g/mol. The largest absolute Gasteiger partial charge is 0.369 e. The highest BCUT2D eigenvalue weighted by Gasteiger charge is 2.17. The summed E-state index contributed by atoms with van der Waals surface area (Å²) in [4.78, 5) is 0. The van der Waals surface area contributed by atoms with Gasteiger partial charge in [0.1, 0.15) is 0 Å². The molecule has 62 valence electrons. The molecule has 2 heteroatoms. The van der Waals surface area contributed by atoms with Crippen molar-refractivity contribution in [2.75, 3.05) is 6.61 Å². The molecule has 2 rings (SSSR count). The summed E-state index contributed by atoms with van der Waals surface area (Å²) in [6.07, 6.45) is 4.54. The van der Waals surface area contributed by atoms with Gasteiger partial charge < -0.3 is 4.74 Å². The second kappa shape index (κ2) is 3.42. The van der Waals surface area contributed by atoms with Crippen LogP contribution >= 0.6 is 15.9 Å². The van der Waals surface area contributed by atoms with Crippen molar-refractivity contribution in [1.82, 2.24) is 0 Å². The molecule has 1 fully saturated rings. The fourth-order valence-corrected chi connectivity index (χ4v) is 1.22. The second-order valence-corrected chi connectivity index (χ2v) is 3.70. The van der Waals surface area contributed by atoms with Gasteiger partial charge >= 0.3 is 0 Å². The van der Waals surface area contributed by atoms with Gasteiger partial charge in [-0.25, -0.2) is 0 Å². The molecule has 0 bridgehead atoms. The summed E-state index contributed by atoms with van der Waals surface area (Å²) in [5, 5.41) is 0.